The van der Waals surface area contributed by atoms with Gasteiger partial charge in [0.1, 0.15) is 5.76 Å². The Balaban J connectivity index is 1.68. The molecule has 0 fully saturated rings. The lowest BCUT2D eigenvalue weighted by atomic mass is 10.1. The number of amides is 2. The Morgan fingerprint density at radius 2 is 1.90 bits per heavy atom. The van der Waals surface area contributed by atoms with E-state index in [9.17, 15) is 9.59 Å². The van der Waals surface area contributed by atoms with Crippen LogP contribution in [0.3, 0.4) is 0 Å². The smallest absolute Gasteiger partial charge is 0.289 e. The summed E-state index contributed by atoms with van der Waals surface area (Å²) >= 11 is 0. The molecule has 3 aromatic rings. The zero-order valence-corrected chi connectivity index (χ0v) is 18.6. The highest BCUT2D eigenvalue weighted by atomic mass is 16.4. The van der Waals surface area contributed by atoms with Crippen LogP contribution in [0.15, 0.2) is 57.7 Å². The summed E-state index contributed by atoms with van der Waals surface area (Å²) in [7, 11) is 0. The van der Waals surface area contributed by atoms with Gasteiger partial charge in [-0.2, -0.15) is 0 Å². The van der Waals surface area contributed by atoms with Crippen molar-refractivity contribution in [1.82, 2.24) is 14.8 Å². The molecule has 7 heteroatoms. The third kappa shape index (κ3) is 5.69. The van der Waals surface area contributed by atoms with E-state index in [0.29, 0.717) is 42.8 Å². The fraction of sp³-hybridized carbons (Fsp3) is 0.417. The van der Waals surface area contributed by atoms with Gasteiger partial charge in [-0.1, -0.05) is 20.8 Å². The van der Waals surface area contributed by atoms with Crippen LogP contribution >= 0.6 is 0 Å². The van der Waals surface area contributed by atoms with Gasteiger partial charge in [0.05, 0.1) is 19.4 Å². The van der Waals surface area contributed by atoms with Crippen molar-refractivity contribution in [3.8, 4) is 0 Å². The van der Waals surface area contributed by atoms with E-state index in [2.05, 4.69) is 19.2 Å². The Morgan fingerprint density at radius 1 is 1.10 bits per heavy atom. The zero-order valence-electron chi connectivity index (χ0n) is 18.6. The molecule has 7 nitrogen and oxygen atoms in total. The summed E-state index contributed by atoms with van der Waals surface area (Å²) in [6.45, 7) is 9.70. The van der Waals surface area contributed by atoms with Crippen molar-refractivity contribution in [2.24, 2.45) is 5.92 Å². The summed E-state index contributed by atoms with van der Waals surface area (Å²) < 4.78 is 13.1. The molecule has 3 heterocycles. The summed E-state index contributed by atoms with van der Waals surface area (Å²) in [5.41, 5.74) is 0.976. The third-order valence-electron chi connectivity index (χ3n) is 5.36. The summed E-state index contributed by atoms with van der Waals surface area (Å²) in [6.07, 6.45) is 4.30. The van der Waals surface area contributed by atoms with Gasteiger partial charge < -0.3 is 23.6 Å². The van der Waals surface area contributed by atoms with Crippen molar-refractivity contribution in [3.63, 3.8) is 0 Å². The molecule has 3 rings (SSSR count). The summed E-state index contributed by atoms with van der Waals surface area (Å²) in [5, 5.41) is 2.95. The highest BCUT2D eigenvalue weighted by Crippen LogP contribution is 2.16. The van der Waals surface area contributed by atoms with Crippen LogP contribution in [0.1, 0.15) is 66.7 Å². The van der Waals surface area contributed by atoms with Crippen LogP contribution in [-0.2, 0) is 13.1 Å². The maximum absolute atomic E-state index is 12.8. The van der Waals surface area contributed by atoms with Crippen molar-refractivity contribution < 1.29 is 18.4 Å². The first-order valence-corrected chi connectivity index (χ1v) is 10.8. The molecule has 3 aromatic heterocycles. The number of hydrogen-bond acceptors (Lipinski definition) is 4. The number of aromatic nitrogens is 1. The number of nitrogens with zero attached hydrogens (tertiary/aromatic N) is 2. The minimum atomic E-state index is -0.210. The van der Waals surface area contributed by atoms with Gasteiger partial charge in [0, 0.05) is 24.5 Å². The third-order valence-corrected chi connectivity index (χ3v) is 5.36. The maximum Gasteiger partial charge on any atom is 0.289 e. The molecule has 1 atom stereocenters. The molecule has 0 saturated heterocycles. The van der Waals surface area contributed by atoms with Crippen molar-refractivity contribution in [3.05, 3.63) is 71.8 Å². The Morgan fingerprint density at radius 3 is 2.58 bits per heavy atom. The molecular formula is C24H31N3O4. The average molecular weight is 426 g/mol. The molecule has 0 saturated carbocycles. The molecule has 0 unspecified atom stereocenters. The number of nitrogens with one attached hydrogen (secondary N) is 1. The van der Waals surface area contributed by atoms with E-state index in [-0.39, 0.29) is 17.9 Å². The minimum Gasteiger partial charge on any atom is -0.459 e. The number of hydrogen-bond donors (Lipinski definition) is 1. The van der Waals surface area contributed by atoms with E-state index < -0.39 is 0 Å². The van der Waals surface area contributed by atoms with Crippen molar-refractivity contribution in [1.29, 1.82) is 0 Å². The topological polar surface area (TPSA) is 80.6 Å². The van der Waals surface area contributed by atoms with E-state index >= 15 is 0 Å². The molecule has 2 amide bonds. The largest absolute Gasteiger partial charge is 0.459 e. The molecule has 0 bridgehead atoms. The first kappa shape index (κ1) is 22.5. The lowest BCUT2D eigenvalue weighted by molar-refractivity contribution is 0.0707. The Labute approximate surface area is 183 Å². The molecule has 0 aliphatic heterocycles. The second-order valence-corrected chi connectivity index (χ2v) is 8.10. The number of carbonyl (C=O) groups excluding carboxylic acids is 2. The van der Waals surface area contributed by atoms with E-state index in [4.69, 9.17) is 8.83 Å². The van der Waals surface area contributed by atoms with Gasteiger partial charge in [0.15, 0.2) is 11.5 Å². The molecule has 31 heavy (non-hydrogen) atoms. The summed E-state index contributed by atoms with van der Waals surface area (Å²) in [4.78, 5) is 26.9. The minimum absolute atomic E-state index is 0.0633. The second kappa shape index (κ2) is 10.2. The van der Waals surface area contributed by atoms with Gasteiger partial charge in [0.25, 0.3) is 11.8 Å². The number of carbonyl (C=O) groups is 2. The van der Waals surface area contributed by atoms with Crippen LogP contribution < -0.4 is 5.32 Å². The normalized spacial score (nSPS) is 12.2. The Hall–Kier alpha value is -3.22. The van der Waals surface area contributed by atoms with E-state index in [1.54, 1.807) is 23.1 Å². The Bertz CT molecular complexity index is 984. The van der Waals surface area contributed by atoms with E-state index in [1.165, 1.54) is 6.26 Å². The second-order valence-electron chi connectivity index (χ2n) is 8.10. The summed E-state index contributed by atoms with van der Waals surface area (Å²) in [6, 6.07) is 10.9. The fourth-order valence-electron chi connectivity index (χ4n) is 3.22. The molecule has 0 aliphatic carbocycles. The quantitative estimate of drug-likeness (QED) is 0.517. The van der Waals surface area contributed by atoms with Crippen molar-refractivity contribution >= 4 is 11.8 Å². The molecule has 0 aromatic carbocycles. The number of furan rings is 2. The van der Waals surface area contributed by atoms with Crippen molar-refractivity contribution in [2.45, 2.75) is 53.2 Å². The van der Waals surface area contributed by atoms with Gasteiger partial charge in [-0.25, -0.2) is 0 Å². The summed E-state index contributed by atoms with van der Waals surface area (Å²) in [5.74, 6) is 1.32. The van der Waals surface area contributed by atoms with Gasteiger partial charge >= 0.3 is 0 Å². The van der Waals surface area contributed by atoms with Crippen LogP contribution in [0.25, 0.3) is 0 Å². The number of rotatable bonds is 10. The van der Waals surface area contributed by atoms with Crippen molar-refractivity contribution in [2.75, 3.05) is 6.54 Å². The first-order chi connectivity index (χ1) is 14.9. The average Bonchev–Trinajstić information content (AvgIpc) is 3.50. The highest BCUT2D eigenvalue weighted by Gasteiger charge is 2.20. The van der Waals surface area contributed by atoms with Gasteiger partial charge in [-0.15, -0.1) is 0 Å². The van der Waals surface area contributed by atoms with Crippen LogP contribution in [0.4, 0.5) is 0 Å². The van der Waals surface area contributed by atoms with Crippen LogP contribution in [-0.4, -0.2) is 33.9 Å². The molecule has 0 spiro atoms. The highest BCUT2D eigenvalue weighted by molar-refractivity contribution is 5.92. The Kier molecular flexibility index (Phi) is 7.39. The predicted molar refractivity (Wildman–Crippen MR) is 118 cm³/mol. The van der Waals surface area contributed by atoms with Gasteiger partial charge in [-0.05, 0) is 55.7 Å². The zero-order chi connectivity index (χ0) is 22.4. The lowest BCUT2D eigenvalue weighted by Gasteiger charge is -2.22. The SMILES string of the molecule is CCCN(Cc1cccn1Cc1ccc(C(=O)N[C@@H](C)C(C)C)o1)C(=O)c1ccco1. The van der Waals surface area contributed by atoms with Crippen LogP contribution in [0.2, 0.25) is 0 Å². The van der Waals surface area contributed by atoms with Gasteiger partial charge in [0.2, 0.25) is 0 Å². The van der Waals surface area contributed by atoms with E-state index in [1.807, 2.05) is 42.8 Å². The van der Waals surface area contributed by atoms with Gasteiger partial charge in [-0.3, -0.25) is 9.59 Å². The van der Waals surface area contributed by atoms with Crippen LogP contribution in [0, 0.1) is 5.92 Å². The standard InChI is InChI=1S/C24H31N3O4/c1-5-12-27(24(29)22-9-7-14-30-22)15-19-8-6-13-26(19)16-20-10-11-21(31-20)23(28)25-18(4)17(2)3/h6-11,13-14,17-18H,5,12,15-16H2,1-4H3,(H,25,28)/t18-/m0/s1. The predicted octanol–water partition coefficient (Wildman–Crippen LogP) is 4.55. The molecule has 166 valence electrons. The molecule has 0 aliphatic rings. The van der Waals surface area contributed by atoms with Crippen LogP contribution in [0.5, 0.6) is 0 Å². The van der Waals surface area contributed by atoms with E-state index in [0.717, 1.165) is 12.1 Å². The molecular weight excluding hydrogens is 394 g/mol. The maximum atomic E-state index is 12.8. The fourth-order valence-corrected chi connectivity index (χ4v) is 3.22. The monoisotopic (exact) mass is 425 g/mol. The lowest BCUT2D eigenvalue weighted by Crippen LogP contribution is -2.35. The molecule has 1 N–H and O–H groups in total. The molecule has 0 radical (unpaired) electrons. The first-order valence-electron chi connectivity index (χ1n) is 10.8.